The van der Waals surface area contributed by atoms with E-state index in [1.54, 1.807) is 0 Å². The van der Waals surface area contributed by atoms with Gasteiger partial charge in [-0.25, -0.2) is 4.79 Å². The molecule has 2 aromatic rings. The summed E-state index contributed by atoms with van der Waals surface area (Å²) in [7, 11) is 0. The lowest BCUT2D eigenvalue weighted by atomic mass is 9.97. The number of hydrogen-bond acceptors (Lipinski definition) is 5. The molecule has 3 rings (SSSR count). The number of rotatable bonds is 2. The highest BCUT2D eigenvalue weighted by molar-refractivity contribution is 7.15. The number of benzene rings is 1. The van der Waals surface area contributed by atoms with Crippen LogP contribution in [-0.4, -0.2) is 21.9 Å². The predicted octanol–water partition coefficient (Wildman–Crippen LogP) is 3.97. The van der Waals surface area contributed by atoms with Crippen molar-refractivity contribution < 1.29 is 9.53 Å². The van der Waals surface area contributed by atoms with E-state index in [4.69, 9.17) is 4.74 Å². The minimum absolute atomic E-state index is 0.0499. The van der Waals surface area contributed by atoms with Crippen LogP contribution in [0.4, 0.5) is 9.93 Å². The second kappa shape index (κ2) is 6.25. The van der Waals surface area contributed by atoms with Crippen molar-refractivity contribution in [2.24, 2.45) is 0 Å². The van der Waals surface area contributed by atoms with Crippen molar-refractivity contribution in [2.75, 3.05) is 5.32 Å². The van der Waals surface area contributed by atoms with Crippen molar-refractivity contribution in [1.82, 2.24) is 10.2 Å². The molecule has 1 aromatic heterocycles. The van der Waals surface area contributed by atoms with Gasteiger partial charge >= 0.3 is 6.09 Å². The molecule has 1 amide bonds. The first-order valence-corrected chi connectivity index (χ1v) is 8.60. The summed E-state index contributed by atoms with van der Waals surface area (Å²) in [5, 5.41) is 11.5. The van der Waals surface area contributed by atoms with Gasteiger partial charge in [-0.3, -0.25) is 5.32 Å². The van der Waals surface area contributed by atoms with E-state index in [2.05, 4.69) is 39.5 Å². The van der Waals surface area contributed by atoms with Crippen LogP contribution in [-0.2, 0) is 10.2 Å². The SMILES string of the molecule is CC(C)(C)OC(=O)Nc1nnc(C#CC2(c3ccccc3)CC2)s1. The molecule has 124 valence electrons. The van der Waals surface area contributed by atoms with Gasteiger partial charge in [0.15, 0.2) is 5.01 Å². The van der Waals surface area contributed by atoms with Crippen LogP contribution in [0.2, 0.25) is 0 Å². The van der Waals surface area contributed by atoms with Crippen LogP contribution in [0.15, 0.2) is 30.3 Å². The lowest BCUT2D eigenvalue weighted by Gasteiger charge is -2.18. The molecule has 1 aliphatic carbocycles. The first kappa shape index (κ1) is 16.5. The van der Waals surface area contributed by atoms with Gasteiger partial charge in [0.2, 0.25) is 5.13 Å². The smallest absolute Gasteiger partial charge is 0.414 e. The normalized spacial score (nSPS) is 15.1. The number of aromatic nitrogens is 2. The Morgan fingerprint density at radius 1 is 1.25 bits per heavy atom. The van der Waals surface area contributed by atoms with Crippen LogP contribution in [0.5, 0.6) is 0 Å². The number of hydrogen-bond donors (Lipinski definition) is 1. The molecule has 24 heavy (non-hydrogen) atoms. The number of ether oxygens (including phenoxy) is 1. The van der Waals surface area contributed by atoms with E-state index in [-0.39, 0.29) is 5.41 Å². The van der Waals surface area contributed by atoms with Crippen LogP contribution >= 0.6 is 11.3 Å². The average molecular weight is 341 g/mol. The molecular formula is C18H19N3O2S. The Bertz CT molecular complexity index is 793. The molecule has 0 atom stereocenters. The molecule has 1 fully saturated rings. The van der Waals surface area contributed by atoms with Crippen LogP contribution < -0.4 is 5.32 Å². The lowest BCUT2D eigenvalue weighted by molar-refractivity contribution is 0.0636. The Kier molecular flexibility index (Phi) is 4.29. The Hall–Kier alpha value is -2.39. The van der Waals surface area contributed by atoms with E-state index in [1.807, 2.05) is 39.0 Å². The Morgan fingerprint density at radius 3 is 2.58 bits per heavy atom. The maximum absolute atomic E-state index is 11.7. The molecular weight excluding hydrogens is 322 g/mol. The zero-order valence-corrected chi connectivity index (χ0v) is 14.7. The van der Waals surface area contributed by atoms with Crippen molar-refractivity contribution in [2.45, 2.75) is 44.6 Å². The third kappa shape index (κ3) is 4.12. The highest BCUT2D eigenvalue weighted by Crippen LogP contribution is 2.47. The minimum atomic E-state index is -0.550. The van der Waals surface area contributed by atoms with Crippen molar-refractivity contribution in [3.05, 3.63) is 40.9 Å². The van der Waals surface area contributed by atoms with Gasteiger partial charge in [-0.2, -0.15) is 0 Å². The van der Waals surface area contributed by atoms with Crippen LogP contribution in [0.1, 0.15) is 44.2 Å². The van der Waals surface area contributed by atoms with Crippen molar-refractivity contribution in [3.8, 4) is 11.8 Å². The molecule has 1 heterocycles. The zero-order valence-electron chi connectivity index (χ0n) is 13.9. The standard InChI is InChI=1S/C18H19N3O2S/c1-17(2,3)23-16(22)19-15-21-20-14(24-15)9-10-18(11-12-18)13-7-5-4-6-8-13/h4-8H,11-12H2,1-3H3,(H,19,21,22). The molecule has 6 heteroatoms. The van der Waals surface area contributed by atoms with E-state index in [9.17, 15) is 4.79 Å². The van der Waals surface area contributed by atoms with Crippen LogP contribution in [0.3, 0.4) is 0 Å². The summed E-state index contributed by atoms with van der Waals surface area (Å²) in [5.74, 6) is 6.41. The number of nitrogens with one attached hydrogen (secondary N) is 1. The molecule has 0 aliphatic heterocycles. The monoisotopic (exact) mass is 341 g/mol. The lowest BCUT2D eigenvalue weighted by Crippen LogP contribution is -2.27. The Balaban J connectivity index is 1.67. The fraction of sp³-hybridized carbons (Fsp3) is 0.389. The highest BCUT2D eigenvalue weighted by atomic mass is 32.1. The van der Waals surface area contributed by atoms with Gasteiger partial charge in [-0.1, -0.05) is 47.6 Å². The second-order valence-corrected chi connectivity index (χ2v) is 7.71. The quantitative estimate of drug-likeness (QED) is 0.840. The fourth-order valence-electron chi connectivity index (χ4n) is 2.26. The predicted molar refractivity (Wildman–Crippen MR) is 94.0 cm³/mol. The van der Waals surface area contributed by atoms with E-state index in [0.29, 0.717) is 10.1 Å². The van der Waals surface area contributed by atoms with E-state index in [0.717, 1.165) is 12.8 Å². The minimum Gasteiger partial charge on any atom is -0.444 e. The average Bonchev–Trinajstić information content (AvgIpc) is 3.18. The second-order valence-electron chi connectivity index (χ2n) is 6.74. The highest BCUT2D eigenvalue weighted by Gasteiger charge is 2.42. The third-order valence-corrected chi connectivity index (χ3v) is 4.27. The largest absolute Gasteiger partial charge is 0.444 e. The summed E-state index contributed by atoms with van der Waals surface area (Å²) in [4.78, 5) is 11.7. The summed E-state index contributed by atoms with van der Waals surface area (Å²) in [6.07, 6.45) is 1.58. The maximum atomic E-state index is 11.7. The van der Waals surface area contributed by atoms with Gasteiger partial charge in [0.05, 0.1) is 5.41 Å². The topological polar surface area (TPSA) is 64.1 Å². The molecule has 0 saturated heterocycles. The molecule has 0 spiro atoms. The molecule has 1 N–H and O–H groups in total. The van der Waals surface area contributed by atoms with Gasteiger partial charge in [0, 0.05) is 0 Å². The van der Waals surface area contributed by atoms with E-state index < -0.39 is 11.7 Å². The molecule has 5 nitrogen and oxygen atoms in total. The summed E-state index contributed by atoms with van der Waals surface area (Å²) >= 11 is 1.24. The molecule has 0 bridgehead atoms. The van der Waals surface area contributed by atoms with Gasteiger partial charge in [0.25, 0.3) is 0 Å². The number of carbonyl (C=O) groups excluding carboxylic acids is 1. The maximum Gasteiger partial charge on any atom is 0.414 e. The number of nitrogens with zero attached hydrogens (tertiary/aromatic N) is 2. The van der Waals surface area contributed by atoms with Crippen molar-refractivity contribution >= 4 is 22.6 Å². The van der Waals surface area contributed by atoms with Crippen LogP contribution in [0.25, 0.3) is 0 Å². The summed E-state index contributed by atoms with van der Waals surface area (Å²) in [6.45, 7) is 5.42. The molecule has 0 radical (unpaired) electrons. The molecule has 1 saturated carbocycles. The first-order valence-electron chi connectivity index (χ1n) is 7.79. The van der Waals surface area contributed by atoms with Gasteiger partial charge in [-0.15, -0.1) is 10.2 Å². The van der Waals surface area contributed by atoms with Gasteiger partial charge in [0.1, 0.15) is 5.60 Å². The zero-order chi connectivity index (χ0) is 17.2. The fourth-order valence-corrected chi connectivity index (χ4v) is 2.84. The third-order valence-electron chi connectivity index (χ3n) is 3.52. The van der Waals surface area contributed by atoms with Gasteiger partial charge < -0.3 is 4.74 Å². The Morgan fingerprint density at radius 2 is 1.96 bits per heavy atom. The first-order chi connectivity index (χ1) is 11.4. The number of anilines is 1. The number of carbonyl (C=O) groups is 1. The Labute approximate surface area is 145 Å². The molecule has 1 aromatic carbocycles. The van der Waals surface area contributed by atoms with Crippen molar-refractivity contribution in [1.29, 1.82) is 0 Å². The van der Waals surface area contributed by atoms with E-state index in [1.165, 1.54) is 16.9 Å². The summed E-state index contributed by atoms with van der Waals surface area (Å²) in [5.41, 5.74) is 0.644. The van der Waals surface area contributed by atoms with E-state index >= 15 is 0 Å². The number of amides is 1. The summed E-state index contributed by atoms with van der Waals surface area (Å²) < 4.78 is 5.19. The molecule has 0 unspecified atom stereocenters. The molecule has 1 aliphatic rings. The summed E-state index contributed by atoms with van der Waals surface area (Å²) in [6, 6.07) is 10.3. The van der Waals surface area contributed by atoms with Gasteiger partial charge in [-0.05, 0) is 45.1 Å². The van der Waals surface area contributed by atoms with Crippen molar-refractivity contribution in [3.63, 3.8) is 0 Å². The van der Waals surface area contributed by atoms with Crippen LogP contribution in [0, 0.1) is 11.8 Å².